The number of benzene rings is 1. The number of amides is 1. The zero-order valence-electron chi connectivity index (χ0n) is 11.2. The average Bonchev–Trinajstić information content (AvgIpc) is 2.46. The van der Waals surface area contributed by atoms with Crippen molar-refractivity contribution < 1.29 is 4.79 Å². The maximum Gasteiger partial charge on any atom is 0.251 e. The molecule has 0 saturated carbocycles. The van der Waals surface area contributed by atoms with Crippen LogP contribution in [0.15, 0.2) is 42.7 Å². The van der Waals surface area contributed by atoms with E-state index in [0.717, 1.165) is 11.3 Å². The lowest BCUT2D eigenvalue weighted by atomic mass is 10.1. The van der Waals surface area contributed by atoms with Crippen LogP contribution in [0.25, 0.3) is 0 Å². The predicted octanol–water partition coefficient (Wildman–Crippen LogP) is 2.89. The van der Waals surface area contributed by atoms with E-state index in [1.807, 2.05) is 31.2 Å². The van der Waals surface area contributed by atoms with Crippen molar-refractivity contribution in [2.75, 3.05) is 18.4 Å². The monoisotopic (exact) mass is 289 g/mol. The van der Waals surface area contributed by atoms with E-state index >= 15 is 0 Å². The molecule has 2 N–H and O–H groups in total. The van der Waals surface area contributed by atoms with E-state index in [0.29, 0.717) is 23.7 Å². The molecule has 0 aliphatic carbocycles. The number of nitrogens with zero attached hydrogens (tertiary/aromatic N) is 1. The van der Waals surface area contributed by atoms with Crippen molar-refractivity contribution in [3.8, 4) is 0 Å². The highest BCUT2D eigenvalue weighted by molar-refractivity contribution is 6.33. The van der Waals surface area contributed by atoms with Crippen molar-refractivity contribution in [1.82, 2.24) is 10.3 Å². The van der Waals surface area contributed by atoms with Crippen LogP contribution in [0, 0.1) is 6.92 Å². The minimum Gasteiger partial charge on any atom is -0.382 e. The number of halogens is 1. The van der Waals surface area contributed by atoms with Crippen LogP contribution < -0.4 is 10.6 Å². The molecular formula is C15H16ClN3O. The van der Waals surface area contributed by atoms with Crippen LogP contribution in [0.1, 0.15) is 15.9 Å². The Balaban J connectivity index is 1.77. The van der Waals surface area contributed by atoms with Crippen molar-refractivity contribution in [3.63, 3.8) is 0 Å². The second kappa shape index (κ2) is 6.91. The number of pyridine rings is 1. The second-order valence-corrected chi connectivity index (χ2v) is 4.81. The maximum atomic E-state index is 11.9. The Bertz CT molecular complexity index is 584. The first-order chi connectivity index (χ1) is 9.66. The highest BCUT2D eigenvalue weighted by Gasteiger charge is 2.04. The molecule has 0 atom stereocenters. The van der Waals surface area contributed by atoms with Crippen LogP contribution in [-0.2, 0) is 0 Å². The van der Waals surface area contributed by atoms with E-state index in [1.54, 1.807) is 18.5 Å². The zero-order chi connectivity index (χ0) is 14.4. The van der Waals surface area contributed by atoms with Crippen molar-refractivity contribution in [1.29, 1.82) is 0 Å². The lowest BCUT2D eigenvalue weighted by Crippen LogP contribution is -2.28. The lowest BCUT2D eigenvalue weighted by Gasteiger charge is -2.09. The number of carbonyl (C=O) groups is 1. The Kier molecular flexibility index (Phi) is 4.96. The average molecular weight is 290 g/mol. The summed E-state index contributed by atoms with van der Waals surface area (Å²) in [6, 6.07) is 9.27. The molecule has 0 aliphatic rings. The third-order valence-electron chi connectivity index (χ3n) is 2.81. The van der Waals surface area contributed by atoms with E-state index in [-0.39, 0.29) is 5.91 Å². The Hall–Kier alpha value is -2.07. The first kappa shape index (κ1) is 14.3. The number of hydrogen-bond donors (Lipinski definition) is 2. The molecular weight excluding hydrogens is 274 g/mol. The molecule has 1 amide bonds. The Morgan fingerprint density at radius 3 is 2.65 bits per heavy atom. The molecule has 2 aromatic rings. The molecule has 0 spiro atoms. The van der Waals surface area contributed by atoms with Gasteiger partial charge in [-0.15, -0.1) is 0 Å². The molecule has 0 saturated heterocycles. The molecule has 5 heteroatoms. The zero-order valence-corrected chi connectivity index (χ0v) is 11.9. The Morgan fingerprint density at radius 2 is 1.95 bits per heavy atom. The summed E-state index contributed by atoms with van der Waals surface area (Å²) >= 11 is 5.96. The highest BCUT2D eigenvalue weighted by atomic mass is 35.5. The number of nitrogens with one attached hydrogen (secondary N) is 2. The number of anilines is 1. The SMILES string of the molecule is Cc1ccc(C(=O)NCCNc2ccncc2Cl)cc1. The van der Waals surface area contributed by atoms with Gasteiger partial charge >= 0.3 is 0 Å². The molecule has 1 aromatic heterocycles. The van der Waals surface area contributed by atoms with Gasteiger partial charge in [0.05, 0.1) is 10.7 Å². The maximum absolute atomic E-state index is 11.9. The van der Waals surface area contributed by atoms with Crippen LogP contribution >= 0.6 is 11.6 Å². The van der Waals surface area contributed by atoms with Crippen LogP contribution in [0.2, 0.25) is 5.02 Å². The van der Waals surface area contributed by atoms with E-state index in [4.69, 9.17) is 11.6 Å². The minimum absolute atomic E-state index is 0.0763. The Labute approximate surface area is 123 Å². The first-order valence-corrected chi connectivity index (χ1v) is 6.73. The Morgan fingerprint density at radius 1 is 1.20 bits per heavy atom. The molecule has 2 rings (SSSR count). The van der Waals surface area contributed by atoms with Gasteiger partial charge in [0.1, 0.15) is 0 Å². The standard InChI is InChI=1S/C15H16ClN3O/c1-11-2-4-12(5-3-11)15(20)19-9-8-18-14-6-7-17-10-13(14)16/h2-7,10H,8-9H2,1H3,(H,17,18)(H,19,20). The smallest absolute Gasteiger partial charge is 0.251 e. The summed E-state index contributed by atoms with van der Waals surface area (Å²) in [5.41, 5.74) is 2.61. The molecule has 1 heterocycles. The van der Waals surface area contributed by atoms with Crippen molar-refractivity contribution in [3.05, 3.63) is 58.9 Å². The highest BCUT2D eigenvalue weighted by Crippen LogP contribution is 2.18. The van der Waals surface area contributed by atoms with Crippen LogP contribution in [0.5, 0.6) is 0 Å². The molecule has 4 nitrogen and oxygen atoms in total. The van der Waals surface area contributed by atoms with Crippen molar-refractivity contribution in [2.24, 2.45) is 0 Å². The largest absolute Gasteiger partial charge is 0.382 e. The van der Waals surface area contributed by atoms with Gasteiger partial charge in [0.15, 0.2) is 0 Å². The normalized spacial score (nSPS) is 10.1. The predicted molar refractivity (Wildman–Crippen MR) is 81.2 cm³/mol. The van der Waals surface area contributed by atoms with Crippen LogP contribution in [-0.4, -0.2) is 24.0 Å². The summed E-state index contributed by atoms with van der Waals surface area (Å²) in [5, 5.41) is 6.56. The molecule has 20 heavy (non-hydrogen) atoms. The summed E-state index contributed by atoms with van der Waals surface area (Å²) in [4.78, 5) is 15.8. The van der Waals surface area contributed by atoms with E-state index in [9.17, 15) is 4.79 Å². The summed E-state index contributed by atoms with van der Waals surface area (Å²) in [6.07, 6.45) is 3.24. The molecule has 0 bridgehead atoms. The summed E-state index contributed by atoms with van der Waals surface area (Å²) in [6.45, 7) is 3.11. The number of rotatable bonds is 5. The fourth-order valence-corrected chi connectivity index (χ4v) is 1.88. The fourth-order valence-electron chi connectivity index (χ4n) is 1.70. The number of aromatic nitrogens is 1. The molecule has 0 unspecified atom stereocenters. The summed E-state index contributed by atoms with van der Waals surface area (Å²) in [5.74, 6) is -0.0763. The third-order valence-corrected chi connectivity index (χ3v) is 3.11. The number of carbonyl (C=O) groups excluding carboxylic acids is 1. The number of aryl methyl sites for hydroxylation is 1. The molecule has 0 radical (unpaired) electrons. The van der Waals surface area contributed by atoms with Crippen LogP contribution in [0.3, 0.4) is 0 Å². The van der Waals surface area contributed by atoms with Crippen molar-refractivity contribution in [2.45, 2.75) is 6.92 Å². The van der Waals surface area contributed by atoms with Gasteiger partial charge in [-0.25, -0.2) is 0 Å². The van der Waals surface area contributed by atoms with Gasteiger partial charge in [0.25, 0.3) is 5.91 Å². The first-order valence-electron chi connectivity index (χ1n) is 6.35. The fraction of sp³-hybridized carbons (Fsp3) is 0.200. The van der Waals surface area contributed by atoms with Gasteiger partial charge < -0.3 is 10.6 Å². The minimum atomic E-state index is -0.0763. The molecule has 0 fully saturated rings. The summed E-state index contributed by atoms with van der Waals surface area (Å²) in [7, 11) is 0. The second-order valence-electron chi connectivity index (χ2n) is 4.40. The summed E-state index contributed by atoms with van der Waals surface area (Å²) < 4.78 is 0. The topological polar surface area (TPSA) is 54.0 Å². The number of hydrogen-bond acceptors (Lipinski definition) is 3. The molecule has 0 aliphatic heterocycles. The van der Waals surface area contributed by atoms with E-state index < -0.39 is 0 Å². The molecule has 1 aromatic carbocycles. The van der Waals surface area contributed by atoms with Gasteiger partial charge in [0.2, 0.25) is 0 Å². The van der Waals surface area contributed by atoms with Crippen LogP contribution in [0.4, 0.5) is 5.69 Å². The quantitative estimate of drug-likeness (QED) is 0.832. The van der Waals surface area contributed by atoms with E-state index in [1.165, 1.54) is 0 Å². The van der Waals surface area contributed by atoms with Gasteiger partial charge in [0, 0.05) is 31.0 Å². The van der Waals surface area contributed by atoms with Gasteiger partial charge in [-0.2, -0.15) is 0 Å². The van der Waals surface area contributed by atoms with E-state index in [2.05, 4.69) is 15.6 Å². The van der Waals surface area contributed by atoms with Gasteiger partial charge in [-0.05, 0) is 25.1 Å². The van der Waals surface area contributed by atoms with Gasteiger partial charge in [-0.3, -0.25) is 9.78 Å². The van der Waals surface area contributed by atoms with Crippen molar-refractivity contribution >= 4 is 23.2 Å². The van der Waals surface area contributed by atoms with Gasteiger partial charge in [-0.1, -0.05) is 29.3 Å². The third kappa shape index (κ3) is 3.96. The lowest BCUT2D eigenvalue weighted by molar-refractivity contribution is 0.0955. The molecule has 104 valence electrons.